The summed E-state index contributed by atoms with van der Waals surface area (Å²) in [7, 11) is 0. The third kappa shape index (κ3) is 2.42. The SMILES string of the molecule is C1=CC=CC(c2ccc3c(c2)n2c4ccccc4nc2n3-c2ccccc2)=CC=1. The van der Waals surface area contributed by atoms with Crippen LogP contribution in [0.25, 0.3) is 39.1 Å². The lowest BCUT2D eigenvalue weighted by Gasteiger charge is -2.06. The molecule has 0 bridgehead atoms. The number of nitrogens with zero attached hydrogens (tertiary/aromatic N) is 3. The first kappa shape index (κ1) is 15.9. The van der Waals surface area contributed by atoms with Crippen molar-refractivity contribution in [1.82, 2.24) is 14.0 Å². The molecule has 2 aromatic heterocycles. The van der Waals surface area contributed by atoms with Crippen LogP contribution in [0.5, 0.6) is 0 Å². The van der Waals surface area contributed by atoms with Crippen LogP contribution in [0.2, 0.25) is 0 Å². The smallest absolute Gasteiger partial charge is 0.220 e. The zero-order chi connectivity index (χ0) is 19.2. The van der Waals surface area contributed by atoms with Crippen LogP contribution in [0.15, 0.2) is 109 Å². The fourth-order valence-electron chi connectivity index (χ4n) is 4.06. The number of hydrogen-bond acceptors (Lipinski definition) is 1. The molecule has 0 N–H and O–H groups in total. The van der Waals surface area contributed by atoms with Gasteiger partial charge in [-0.2, -0.15) is 0 Å². The van der Waals surface area contributed by atoms with E-state index in [0.29, 0.717) is 0 Å². The van der Waals surface area contributed by atoms with Gasteiger partial charge in [-0.05, 0) is 65.8 Å². The number of fused-ring (bicyclic) bond motifs is 5. The van der Waals surface area contributed by atoms with Crippen molar-refractivity contribution in [3.63, 3.8) is 0 Å². The average molecular weight is 371 g/mol. The van der Waals surface area contributed by atoms with Gasteiger partial charge >= 0.3 is 0 Å². The minimum absolute atomic E-state index is 0.927. The molecule has 0 aliphatic heterocycles. The predicted octanol–water partition coefficient (Wildman–Crippen LogP) is 6.10. The number of imidazole rings is 2. The van der Waals surface area contributed by atoms with Crippen LogP contribution in [-0.4, -0.2) is 14.0 Å². The van der Waals surface area contributed by atoms with Crippen LogP contribution in [0.1, 0.15) is 5.56 Å². The summed E-state index contributed by atoms with van der Waals surface area (Å²) in [4.78, 5) is 4.96. The highest BCUT2D eigenvalue weighted by Gasteiger charge is 2.17. The molecule has 3 nitrogen and oxygen atoms in total. The molecule has 0 atom stereocenters. The Kier molecular flexibility index (Phi) is 3.43. The molecule has 0 radical (unpaired) electrons. The molecule has 0 fully saturated rings. The Labute approximate surface area is 167 Å². The molecule has 29 heavy (non-hydrogen) atoms. The largest absolute Gasteiger partial charge is 0.278 e. The second-order valence-corrected chi connectivity index (χ2v) is 7.09. The number of rotatable bonds is 2. The Morgan fingerprint density at radius 1 is 0.759 bits per heavy atom. The van der Waals surface area contributed by atoms with E-state index in [1.165, 1.54) is 5.56 Å². The second kappa shape index (κ2) is 6.23. The van der Waals surface area contributed by atoms with Crippen LogP contribution >= 0.6 is 0 Å². The fourth-order valence-corrected chi connectivity index (χ4v) is 4.06. The topological polar surface area (TPSA) is 22.2 Å². The van der Waals surface area contributed by atoms with Gasteiger partial charge in [-0.15, -0.1) is 5.73 Å². The maximum absolute atomic E-state index is 4.96. The summed E-state index contributed by atoms with van der Waals surface area (Å²) < 4.78 is 4.49. The van der Waals surface area contributed by atoms with Crippen LogP contribution in [0, 0.1) is 0 Å². The number of allylic oxidation sites excluding steroid dienone is 5. The van der Waals surface area contributed by atoms with Gasteiger partial charge in [0.1, 0.15) is 0 Å². The molecular weight excluding hydrogens is 354 g/mol. The van der Waals surface area contributed by atoms with E-state index in [1.807, 2.05) is 30.4 Å². The van der Waals surface area contributed by atoms with E-state index in [2.05, 4.69) is 87.5 Å². The number of para-hydroxylation sites is 3. The number of hydrogen-bond donors (Lipinski definition) is 0. The van der Waals surface area contributed by atoms with Gasteiger partial charge in [-0.25, -0.2) is 4.98 Å². The van der Waals surface area contributed by atoms with Crippen molar-refractivity contribution in [1.29, 1.82) is 0 Å². The molecule has 5 aromatic rings. The van der Waals surface area contributed by atoms with E-state index in [1.54, 1.807) is 0 Å². The minimum atomic E-state index is 0.927. The monoisotopic (exact) mass is 371 g/mol. The van der Waals surface area contributed by atoms with Crippen molar-refractivity contribution >= 4 is 33.4 Å². The van der Waals surface area contributed by atoms with Gasteiger partial charge in [0.15, 0.2) is 0 Å². The molecule has 2 heterocycles. The maximum Gasteiger partial charge on any atom is 0.220 e. The summed E-state index contributed by atoms with van der Waals surface area (Å²) in [6.45, 7) is 0. The van der Waals surface area contributed by atoms with Crippen molar-refractivity contribution in [3.05, 3.63) is 114 Å². The van der Waals surface area contributed by atoms with Gasteiger partial charge < -0.3 is 0 Å². The van der Waals surface area contributed by atoms with Gasteiger partial charge in [0.25, 0.3) is 0 Å². The lowest BCUT2D eigenvalue weighted by Crippen LogP contribution is -1.94. The van der Waals surface area contributed by atoms with Crippen molar-refractivity contribution in [2.75, 3.05) is 0 Å². The Morgan fingerprint density at radius 3 is 2.55 bits per heavy atom. The van der Waals surface area contributed by atoms with Crippen LogP contribution in [-0.2, 0) is 0 Å². The van der Waals surface area contributed by atoms with Crippen molar-refractivity contribution in [2.24, 2.45) is 0 Å². The third-order valence-corrected chi connectivity index (χ3v) is 5.38. The Bertz CT molecular complexity index is 1520. The highest BCUT2D eigenvalue weighted by molar-refractivity contribution is 5.94. The summed E-state index contributed by atoms with van der Waals surface area (Å²) in [6.07, 6.45) is 10.1. The summed E-state index contributed by atoms with van der Waals surface area (Å²) >= 11 is 0. The molecule has 1 aliphatic carbocycles. The van der Waals surface area contributed by atoms with Crippen LogP contribution in [0.4, 0.5) is 0 Å². The Balaban J connectivity index is 1.73. The molecule has 0 unspecified atom stereocenters. The first-order chi connectivity index (χ1) is 14.4. The lowest BCUT2D eigenvalue weighted by molar-refractivity contribution is 1.11. The van der Waals surface area contributed by atoms with E-state index < -0.39 is 0 Å². The highest BCUT2D eigenvalue weighted by atomic mass is 15.2. The zero-order valence-electron chi connectivity index (χ0n) is 15.7. The Morgan fingerprint density at radius 2 is 1.62 bits per heavy atom. The normalized spacial score (nSPS) is 13.4. The molecular formula is C26H17N3. The van der Waals surface area contributed by atoms with Gasteiger partial charge in [0, 0.05) is 5.69 Å². The summed E-state index contributed by atoms with van der Waals surface area (Å²) in [5.74, 6) is 0.927. The molecule has 0 spiro atoms. The minimum Gasteiger partial charge on any atom is -0.278 e. The van der Waals surface area contributed by atoms with Gasteiger partial charge in [-0.1, -0.05) is 48.6 Å². The van der Waals surface area contributed by atoms with E-state index in [0.717, 1.165) is 39.1 Å². The van der Waals surface area contributed by atoms with Gasteiger partial charge in [0.05, 0.1) is 22.1 Å². The van der Waals surface area contributed by atoms with Crippen LogP contribution < -0.4 is 0 Å². The molecule has 0 amide bonds. The summed E-state index contributed by atoms with van der Waals surface area (Å²) in [5.41, 5.74) is 11.0. The summed E-state index contributed by atoms with van der Waals surface area (Å²) in [5, 5.41) is 0. The molecule has 0 saturated carbocycles. The number of benzene rings is 3. The van der Waals surface area contributed by atoms with E-state index in [-0.39, 0.29) is 0 Å². The van der Waals surface area contributed by atoms with Crippen LogP contribution in [0.3, 0.4) is 0 Å². The molecule has 0 saturated heterocycles. The number of aromatic nitrogens is 3. The third-order valence-electron chi connectivity index (χ3n) is 5.38. The molecule has 136 valence electrons. The lowest BCUT2D eigenvalue weighted by atomic mass is 10.0. The van der Waals surface area contributed by atoms with Crippen molar-refractivity contribution < 1.29 is 0 Å². The first-order valence-electron chi connectivity index (χ1n) is 9.67. The predicted molar refractivity (Wildman–Crippen MR) is 119 cm³/mol. The maximum atomic E-state index is 4.96. The second-order valence-electron chi connectivity index (χ2n) is 7.09. The standard InChI is InChI=1S/C26H17N3/c1-2-5-11-19(10-4-1)20-16-17-24-25(18-20)29-23-15-9-8-14-22(23)27-26(29)28(24)21-12-6-3-7-13-21/h1,3-18H. The van der Waals surface area contributed by atoms with Crippen molar-refractivity contribution in [2.45, 2.75) is 0 Å². The van der Waals surface area contributed by atoms with Crippen molar-refractivity contribution in [3.8, 4) is 5.69 Å². The average Bonchev–Trinajstić information content (AvgIpc) is 3.14. The van der Waals surface area contributed by atoms with E-state index in [4.69, 9.17) is 4.98 Å². The zero-order valence-corrected chi connectivity index (χ0v) is 15.7. The highest BCUT2D eigenvalue weighted by Crippen LogP contribution is 2.31. The molecule has 1 aliphatic rings. The molecule has 3 heteroatoms. The fraction of sp³-hybridized carbons (Fsp3) is 0. The molecule has 6 rings (SSSR count). The summed E-state index contributed by atoms with van der Waals surface area (Å²) in [6, 6.07) is 25.4. The first-order valence-corrected chi connectivity index (χ1v) is 9.67. The quantitative estimate of drug-likeness (QED) is 0.344. The molecule has 3 aromatic carbocycles. The van der Waals surface area contributed by atoms with E-state index >= 15 is 0 Å². The van der Waals surface area contributed by atoms with Gasteiger partial charge in [-0.3, -0.25) is 8.97 Å². The van der Waals surface area contributed by atoms with E-state index in [9.17, 15) is 0 Å². The van der Waals surface area contributed by atoms with Gasteiger partial charge in [0.2, 0.25) is 5.78 Å². The Hall–Kier alpha value is -4.07.